The van der Waals surface area contributed by atoms with Crippen molar-refractivity contribution in [1.82, 2.24) is 10.6 Å². The molecule has 354 valence electrons. The predicted octanol–water partition coefficient (Wildman–Crippen LogP) is 8.24. The van der Waals surface area contributed by atoms with Gasteiger partial charge in [0, 0.05) is 0 Å². The van der Waals surface area contributed by atoms with Crippen LogP contribution < -0.4 is 10.6 Å². The van der Waals surface area contributed by atoms with E-state index in [1.165, 1.54) is 0 Å². The fraction of sp³-hybridized carbons (Fsp3) is 0.291. The average Bonchev–Trinajstić information content (AvgIpc) is 3.38. The van der Waals surface area contributed by atoms with Crippen LogP contribution in [0.1, 0.15) is 40.3 Å². The molecule has 13 heteroatoms. The normalized spacial score (nSPS) is 18.7. The minimum atomic E-state index is -1.38. The molecule has 0 aromatic heterocycles. The summed E-state index contributed by atoms with van der Waals surface area (Å²) in [5, 5.41) is 5.19. The van der Waals surface area contributed by atoms with Crippen molar-refractivity contribution in [3.05, 3.63) is 215 Å². The molecule has 2 amide bonds. The van der Waals surface area contributed by atoms with E-state index in [0.29, 0.717) is 6.61 Å². The highest BCUT2D eigenvalue weighted by Crippen LogP contribution is 2.33. The molecule has 7 atom stereocenters. The number of hydrogen-bond donors (Lipinski definition) is 2. The summed E-state index contributed by atoms with van der Waals surface area (Å²) in [6.07, 6.45) is -6.40. The van der Waals surface area contributed by atoms with Crippen LogP contribution in [0.15, 0.2) is 182 Å². The number of amides is 2. The molecule has 0 spiro atoms. The van der Waals surface area contributed by atoms with E-state index in [0.717, 1.165) is 33.4 Å². The Kier molecular flexibility index (Phi) is 19.2. The van der Waals surface area contributed by atoms with Gasteiger partial charge in [-0.05, 0) is 40.3 Å². The fourth-order valence-electron chi connectivity index (χ4n) is 7.48. The molecule has 0 aliphatic carbocycles. The summed E-state index contributed by atoms with van der Waals surface area (Å²) < 4.78 is 51.5. The molecular weight excluding hydrogens is 865 g/mol. The topological polar surface area (TPSA) is 149 Å². The van der Waals surface area contributed by atoms with Gasteiger partial charge in [0.05, 0.1) is 39.1 Å². The van der Waals surface area contributed by atoms with E-state index >= 15 is 0 Å². The van der Waals surface area contributed by atoms with Crippen molar-refractivity contribution in [2.24, 2.45) is 0 Å². The molecular formula is C55H58N2O11. The minimum absolute atomic E-state index is 0.00893. The average molecular weight is 923 g/mol. The number of alkyl carbamates (subject to hydrolysis) is 1. The van der Waals surface area contributed by atoms with E-state index in [1.807, 2.05) is 182 Å². The summed E-state index contributed by atoms with van der Waals surface area (Å²) >= 11 is 0. The first-order valence-corrected chi connectivity index (χ1v) is 22.7. The Balaban J connectivity index is 1.16. The Morgan fingerprint density at radius 3 is 1.37 bits per heavy atom. The molecule has 1 aliphatic heterocycles. The highest BCUT2D eigenvalue weighted by Gasteiger charge is 2.50. The number of carbonyl (C=O) groups excluding carboxylic acids is 3. The maximum Gasteiger partial charge on any atom is 0.407 e. The number of esters is 1. The zero-order valence-electron chi connectivity index (χ0n) is 38.0. The maximum atomic E-state index is 14.1. The summed E-state index contributed by atoms with van der Waals surface area (Å²) in [7, 11) is 0. The first kappa shape index (κ1) is 49.2. The van der Waals surface area contributed by atoms with Gasteiger partial charge in [-0.2, -0.15) is 0 Å². The first-order valence-electron chi connectivity index (χ1n) is 22.7. The third-order valence-electron chi connectivity index (χ3n) is 11.1. The smallest absolute Gasteiger partial charge is 0.407 e. The SMILES string of the molecule is C[C@@H](O[C@H]1O[C@H](COCc2ccccc2)[C@H](OCc2ccccc2)[C@H](OCc2ccccc2)[C@H]1OCc1ccccc1)[C@H](NC(=O)CNC(=O)OCc1ccccc1)C(=O)OCc1ccccc1. The van der Waals surface area contributed by atoms with Gasteiger partial charge in [0.15, 0.2) is 12.3 Å². The van der Waals surface area contributed by atoms with Crippen molar-refractivity contribution >= 4 is 18.0 Å². The van der Waals surface area contributed by atoms with Crippen LogP contribution >= 0.6 is 0 Å². The molecule has 6 aromatic rings. The van der Waals surface area contributed by atoms with Crippen LogP contribution in [0.4, 0.5) is 4.79 Å². The van der Waals surface area contributed by atoms with Crippen molar-refractivity contribution in [2.45, 2.75) is 89.4 Å². The molecule has 6 aromatic carbocycles. The van der Waals surface area contributed by atoms with E-state index in [2.05, 4.69) is 10.6 Å². The zero-order chi connectivity index (χ0) is 47.2. The highest BCUT2D eigenvalue weighted by atomic mass is 16.7. The van der Waals surface area contributed by atoms with E-state index in [9.17, 15) is 14.4 Å². The second kappa shape index (κ2) is 26.6. The molecule has 68 heavy (non-hydrogen) atoms. The lowest BCUT2D eigenvalue weighted by Gasteiger charge is -2.46. The summed E-state index contributed by atoms with van der Waals surface area (Å²) in [5.41, 5.74) is 5.25. The van der Waals surface area contributed by atoms with Gasteiger partial charge in [-0.25, -0.2) is 9.59 Å². The highest BCUT2D eigenvalue weighted by molar-refractivity contribution is 5.87. The zero-order valence-corrected chi connectivity index (χ0v) is 38.0. The monoisotopic (exact) mass is 922 g/mol. The minimum Gasteiger partial charge on any atom is -0.459 e. The molecule has 13 nitrogen and oxygen atoms in total. The number of rotatable bonds is 24. The van der Waals surface area contributed by atoms with E-state index < -0.39 is 67.4 Å². The van der Waals surface area contributed by atoms with Crippen LogP contribution in [0, 0.1) is 0 Å². The van der Waals surface area contributed by atoms with E-state index in [1.54, 1.807) is 6.92 Å². The molecule has 1 aliphatic rings. The molecule has 1 fully saturated rings. The van der Waals surface area contributed by atoms with Crippen molar-refractivity contribution < 1.29 is 52.3 Å². The van der Waals surface area contributed by atoms with Crippen molar-refractivity contribution in [3.8, 4) is 0 Å². The molecule has 7 rings (SSSR count). The molecule has 0 radical (unpaired) electrons. The van der Waals surface area contributed by atoms with Crippen LogP contribution in [0.3, 0.4) is 0 Å². The fourth-order valence-corrected chi connectivity index (χ4v) is 7.48. The van der Waals surface area contributed by atoms with Crippen molar-refractivity contribution in [2.75, 3.05) is 13.2 Å². The lowest BCUT2D eigenvalue weighted by molar-refractivity contribution is -0.336. The van der Waals surface area contributed by atoms with Gasteiger partial charge < -0.3 is 48.5 Å². The summed E-state index contributed by atoms with van der Waals surface area (Å²) in [6, 6.07) is 56.0. The number of ether oxygens (including phenoxy) is 8. The summed E-state index contributed by atoms with van der Waals surface area (Å²) in [5.74, 6) is -1.46. The van der Waals surface area contributed by atoms with Crippen LogP contribution in [-0.2, 0) is 87.1 Å². The Hall–Kier alpha value is -6.71. The third kappa shape index (κ3) is 15.7. The number of nitrogens with one attached hydrogen (secondary N) is 2. The molecule has 1 saturated heterocycles. The molecule has 0 saturated carbocycles. The second-order valence-electron chi connectivity index (χ2n) is 16.2. The third-order valence-corrected chi connectivity index (χ3v) is 11.1. The Morgan fingerprint density at radius 1 is 0.500 bits per heavy atom. The Bertz CT molecular complexity index is 2380. The van der Waals surface area contributed by atoms with Crippen molar-refractivity contribution in [1.29, 1.82) is 0 Å². The number of hydrogen-bond acceptors (Lipinski definition) is 11. The lowest BCUT2D eigenvalue weighted by Crippen LogP contribution is -2.63. The quantitative estimate of drug-likeness (QED) is 0.0566. The van der Waals surface area contributed by atoms with Crippen LogP contribution in [-0.4, -0.2) is 74.0 Å². The van der Waals surface area contributed by atoms with E-state index in [4.69, 9.17) is 37.9 Å². The van der Waals surface area contributed by atoms with Gasteiger partial charge in [-0.1, -0.05) is 182 Å². The summed E-state index contributed by atoms with van der Waals surface area (Å²) in [4.78, 5) is 40.3. The van der Waals surface area contributed by atoms with Gasteiger partial charge in [-0.3, -0.25) is 4.79 Å². The first-order chi connectivity index (χ1) is 33.4. The second-order valence-corrected chi connectivity index (χ2v) is 16.2. The maximum absolute atomic E-state index is 14.1. The van der Waals surface area contributed by atoms with Gasteiger partial charge in [-0.15, -0.1) is 0 Å². The molecule has 0 unspecified atom stereocenters. The van der Waals surface area contributed by atoms with Crippen LogP contribution in [0.2, 0.25) is 0 Å². The van der Waals surface area contributed by atoms with Gasteiger partial charge >= 0.3 is 12.1 Å². The largest absolute Gasteiger partial charge is 0.459 e. The Labute approximate surface area is 397 Å². The number of carbonyl (C=O) groups is 3. The van der Waals surface area contributed by atoms with Crippen molar-refractivity contribution in [3.63, 3.8) is 0 Å². The Morgan fingerprint density at radius 2 is 0.897 bits per heavy atom. The summed E-state index contributed by atoms with van der Waals surface area (Å²) in [6.45, 7) is 2.04. The standard InChI is InChI=1S/C55H58N2O11/c1-40(49(53(59)65-37-45-28-16-6-17-29-45)57-48(58)32-56-55(60)66-38-46-30-18-7-19-31-46)67-54-52(64-36-44-26-14-5-15-27-44)51(63-35-43-24-12-4-13-25-43)50(62-34-42-22-10-3-11-23-42)47(68-54)39-61-33-41-20-8-2-9-21-41/h2-31,40,47,49-52,54H,32-39H2,1H3,(H,56,60)(H,57,58)/t40-,47-,49+,50+,51+,52-,54+/m1/s1. The molecule has 0 bridgehead atoms. The van der Waals surface area contributed by atoms with Crippen LogP contribution in [0.5, 0.6) is 0 Å². The van der Waals surface area contributed by atoms with E-state index in [-0.39, 0.29) is 39.6 Å². The van der Waals surface area contributed by atoms with Gasteiger partial charge in [0.1, 0.15) is 44.2 Å². The molecule has 2 N–H and O–H groups in total. The predicted molar refractivity (Wildman–Crippen MR) is 253 cm³/mol. The van der Waals surface area contributed by atoms with Crippen LogP contribution in [0.25, 0.3) is 0 Å². The van der Waals surface area contributed by atoms with Gasteiger partial charge in [0.2, 0.25) is 5.91 Å². The number of benzene rings is 6. The van der Waals surface area contributed by atoms with Gasteiger partial charge in [0.25, 0.3) is 0 Å². The molecule has 1 heterocycles. The lowest BCUT2D eigenvalue weighted by atomic mass is 9.97.